The summed E-state index contributed by atoms with van der Waals surface area (Å²) in [5.41, 5.74) is 0.849. The predicted molar refractivity (Wildman–Crippen MR) is 82.4 cm³/mol. The van der Waals surface area contributed by atoms with Crippen LogP contribution in [0.1, 0.15) is 43.7 Å². The minimum absolute atomic E-state index is 0.0103. The molecule has 114 valence electrons. The molecule has 0 radical (unpaired) electrons. The molecule has 0 aliphatic heterocycles. The molecule has 0 spiro atoms. The Kier molecular flexibility index (Phi) is 5.04. The molecule has 1 aliphatic rings. The van der Waals surface area contributed by atoms with Crippen molar-refractivity contribution in [1.82, 2.24) is 0 Å². The number of carbonyl (C=O) groups excluding carboxylic acids is 2. The van der Waals surface area contributed by atoms with E-state index in [1.807, 2.05) is 25.1 Å². The van der Waals surface area contributed by atoms with Gasteiger partial charge in [0.25, 0.3) is 0 Å². The van der Waals surface area contributed by atoms with Crippen LogP contribution in [0.25, 0.3) is 0 Å². The standard InChI is InChI=1S/C17H21ClO3/c1-3-21-16(20)17(9-5-4-6-15(17)19)11-13-8-7-12(2)10-14(13)18/h7-8,10H,3-6,9,11H2,1-2H3. The molecular formula is C17H21ClO3. The molecule has 1 aromatic carbocycles. The van der Waals surface area contributed by atoms with Gasteiger partial charge in [0.1, 0.15) is 5.41 Å². The molecule has 0 amide bonds. The summed E-state index contributed by atoms with van der Waals surface area (Å²) >= 11 is 6.28. The highest BCUT2D eigenvalue weighted by atomic mass is 35.5. The lowest BCUT2D eigenvalue weighted by Crippen LogP contribution is -2.44. The topological polar surface area (TPSA) is 43.4 Å². The number of hydrogen-bond donors (Lipinski definition) is 0. The molecule has 1 aromatic rings. The molecule has 2 rings (SSSR count). The third-order valence-electron chi connectivity index (χ3n) is 4.16. The molecular weight excluding hydrogens is 288 g/mol. The van der Waals surface area contributed by atoms with Crippen LogP contribution in [0.4, 0.5) is 0 Å². The number of halogens is 1. The van der Waals surface area contributed by atoms with Gasteiger partial charge in [0, 0.05) is 11.4 Å². The first kappa shape index (κ1) is 16.0. The van der Waals surface area contributed by atoms with E-state index >= 15 is 0 Å². The highest BCUT2D eigenvalue weighted by Gasteiger charge is 2.48. The van der Waals surface area contributed by atoms with E-state index in [-0.39, 0.29) is 12.4 Å². The average Bonchev–Trinajstić information content (AvgIpc) is 2.44. The Morgan fingerprint density at radius 2 is 2.14 bits per heavy atom. The maximum absolute atomic E-state index is 12.5. The molecule has 0 heterocycles. The molecule has 0 bridgehead atoms. The second kappa shape index (κ2) is 6.61. The van der Waals surface area contributed by atoms with E-state index in [1.165, 1.54) is 0 Å². The molecule has 0 aromatic heterocycles. The third kappa shape index (κ3) is 3.29. The van der Waals surface area contributed by atoms with Crippen LogP contribution in [-0.2, 0) is 20.7 Å². The van der Waals surface area contributed by atoms with Crippen molar-refractivity contribution in [2.24, 2.45) is 5.41 Å². The molecule has 4 heteroatoms. The largest absolute Gasteiger partial charge is 0.465 e. The smallest absolute Gasteiger partial charge is 0.319 e. The normalized spacial score (nSPS) is 22.1. The summed E-state index contributed by atoms with van der Waals surface area (Å²) in [7, 11) is 0. The van der Waals surface area contributed by atoms with Crippen molar-refractivity contribution >= 4 is 23.4 Å². The third-order valence-corrected chi connectivity index (χ3v) is 4.51. The summed E-state index contributed by atoms with van der Waals surface area (Å²) in [4.78, 5) is 24.9. The van der Waals surface area contributed by atoms with Crippen molar-refractivity contribution in [3.8, 4) is 0 Å². The predicted octanol–water partition coefficient (Wildman–Crippen LogP) is 3.88. The number of ether oxygens (including phenoxy) is 1. The number of Topliss-reactive ketones (excluding diaryl/α,β-unsaturated/α-hetero) is 1. The number of rotatable bonds is 4. The van der Waals surface area contributed by atoms with Gasteiger partial charge in [0.2, 0.25) is 0 Å². The van der Waals surface area contributed by atoms with Gasteiger partial charge in [-0.25, -0.2) is 0 Å². The van der Waals surface area contributed by atoms with Gasteiger partial charge in [-0.3, -0.25) is 9.59 Å². The Bertz CT molecular complexity index is 553. The van der Waals surface area contributed by atoms with Gasteiger partial charge < -0.3 is 4.74 Å². The van der Waals surface area contributed by atoms with E-state index in [4.69, 9.17) is 16.3 Å². The number of benzene rings is 1. The summed E-state index contributed by atoms with van der Waals surface area (Å²) in [6.07, 6.45) is 3.05. The maximum Gasteiger partial charge on any atom is 0.319 e. The first-order chi connectivity index (χ1) is 9.99. The minimum atomic E-state index is -1.05. The zero-order chi connectivity index (χ0) is 15.5. The van der Waals surface area contributed by atoms with Crippen molar-refractivity contribution in [2.45, 2.75) is 46.0 Å². The molecule has 1 saturated carbocycles. The van der Waals surface area contributed by atoms with Crippen LogP contribution in [0.2, 0.25) is 5.02 Å². The Morgan fingerprint density at radius 1 is 1.38 bits per heavy atom. The highest BCUT2D eigenvalue weighted by molar-refractivity contribution is 6.31. The zero-order valence-corrected chi connectivity index (χ0v) is 13.3. The number of hydrogen-bond acceptors (Lipinski definition) is 3. The first-order valence-corrected chi connectivity index (χ1v) is 7.83. The molecule has 3 nitrogen and oxygen atoms in total. The van der Waals surface area contributed by atoms with Gasteiger partial charge in [-0.2, -0.15) is 0 Å². The molecule has 1 unspecified atom stereocenters. The van der Waals surface area contributed by atoms with Crippen LogP contribution >= 0.6 is 11.6 Å². The fourth-order valence-corrected chi connectivity index (χ4v) is 3.26. The van der Waals surface area contributed by atoms with Crippen molar-refractivity contribution in [3.05, 3.63) is 34.3 Å². The highest BCUT2D eigenvalue weighted by Crippen LogP contribution is 2.39. The maximum atomic E-state index is 12.5. The van der Waals surface area contributed by atoms with Crippen LogP contribution in [0.5, 0.6) is 0 Å². The van der Waals surface area contributed by atoms with Crippen molar-refractivity contribution in [3.63, 3.8) is 0 Å². The average molecular weight is 309 g/mol. The summed E-state index contributed by atoms with van der Waals surface area (Å²) in [6, 6.07) is 5.72. The van der Waals surface area contributed by atoms with Crippen molar-refractivity contribution in [2.75, 3.05) is 6.61 Å². The second-order valence-corrected chi connectivity index (χ2v) is 6.11. The molecule has 0 N–H and O–H groups in total. The van der Waals surface area contributed by atoms with Gasteiger partial charge in [-0.15, -0.1) is 0 Å². The number of aryl methyl sites for hydroxylation is 1. The lowest BCUT2D eigenvalue weighted by molar-refractivity contribution is -0.162. The molecule has 1 aliphatic carbocycles. The Hall–Kier alpha value is -1.35. The van der Waals surface area contributed by atoms with Crippen LogP contribution in [0.15, 0.2) is 18.2 Å². The lowest BCUT2D eigenvalue weighted by Gasteiger charge is -2.33. The van der Waals surface area contributed by atoms with Gasteiger partial charge in [-0.05, 0) is 50.3 Å². The first-order valence-electron chi connectivity index (χ1n) is 7.45. The van der Waals surface area contributed by atoms with Gasteiger partial charge in [0.05, 0.1) is 6.61 Å². The number of esters is 1. The van der Waals surface area contributed by atoms with Gasteiger partial charge >= 0.3 is 5.97 Å². The monoisotopic (exact) mass is 308 g/mol. The SMILES string of the molecule is CCOC(=O)C1(Cc2ccc(C)cc2Cl)CCCCC1=O. The van der Waals surface area contributed by atoms with Crippen LogP contribution < -0.4 is 0 Å². The molecule has 1 atom stereocenters. The number of carbonyl (C=O) groups is 2. The minimum Gasteiger partial charge on any atom is -0.465 e. The fourth-order valence-electron chi connectivity index (χ4n) is 2.96. The summed E-state index contributed by atoms with van der Waals surface area (Å²) < 4.78 is 5.19. The van der Waals surface area contributed by atoms with Gasteiger partial charge in [-0.1, -0.05) is 30.2 Å². The van der Waals surface area contributed by atoms with Crippen LogP contribution in [0.3, 0.4) is 0 Å². The number of ketones is 1. The van der Waals surface area contributed by atoms with Crippen LogP contribution in [-0.4, -0.2) is 18.4 Å². The van der Waals surface area contributed by atoms with E-state index in [0.29, 0.717) is 24.3 Å². The van der Waals surface area contributed by atoms with E-state index < -0.39 is 11.4 Å². The Labute approximate surface area is 130 Å². The summed E-state index contributed by atoms with van der Waals surface area (Å²) in [5, 5.41) is 0.608. The van der Waals surface area contributed by atoms with E-state index in [9.17, 15) is 9.59 Å². The molecule has 0 saturated heterocycles. The summed E-state index contributed by atoms with van der Waals surface area (Å²) in [5.74, 6) is -0.407. The summed E-state index contributed by atoms with van der Waals surface area (Å²) in [6.45, 7) is 4.01. The lowest BCUT2D eigenvalue weighted by atomic mass is 9.69. The van der Waals surface area contributed by atoms with Gasteiger partial charge in [0.15, 0.2) is 5.78 Å². The van der Waals surface area contributed by atoms with E-state index in [2.05, 4.69) is 0 Å². The quantitative estimate of drug-likeness (QED) is 0.626. The van der Waals surface area contributed by atoms with Crippen molar-refractivity contribution < 1.29 is 14.3 Å². The second-order valence-electron chi connectivity index (χ2n) is 5.70. The molecule has 21 heavy (non-hydrogen) atoms. The van der Waals surface area contributed by atoms with Crippen molar-refractivity contribution in [1.29, 1.82) is 0 Å². The molecule has 1 fully saturated rings. The fraction of sp³-hybridized carbons (Fsp3) is 0.529. The zero-order valence-electron chi connectivity index (χ0n) is 12.6. The van der Waals surface area contributed by atoms with E-state index in [0.717, 1.165) is 24.0 Å². The Balaban J connectivity index is 2.35. The van der Waals surface area contributed by atoms with E-state index in [1.54, 1.807) is 6.92 Å². The Morgan fingerprint density at radius 3 is 2.76 bits per heavy atom. The van der Waals surface area contributed by atoms with Crippen LogP contribution in [0, 0.1) is 12.3 Å².